The molecule has 180 valence electrons. The Morgan fingerprint density at radius 1 is 0.912 bits per heavy atom. The van der Waals surface area contributed by atoms with Gasteiger partial charge in [0.05, 0.1) is 24.3 Å². The van der Waals surface area contributed by atoms with Gasteiger partial charge in [-0.25, -0.2) is 4.79 Å². The zero-order chi connectivity index (χ0) is 24.3. The number of fused-ring (bicyclic) bond motifs is 1. The Morgan fingerprint density at radius 3 is 2.41 bits per heavy atom. The van der Waals surface area contributed by atoms with Crippen LogP contribution >= 0.6 is 0 Å². The van der Waals surface area contributed by atoms with Gasteiger partial charge in [-0.1, -0.05) is 45.6 Å². The van der Waals surface area contributed by atoms with E-state index in [1.165, 1.54) is 19.3 Å². The first-order chi connectivity index (χ1) is 16.5. The number of nitrogens with one attached hydrogen (secondary N) is 1. The molecule has 34 heavy (non-hydrogen) atoms. The van der Waals surface area contributed by atoms with Gasteiger partial charge in [0, 0.05) is 11.6 Å². The molecule has 1 amide bonds. The highest BCUT2D eigenvalue weighted by Gasteiger charge is 2.17. The largest absolute Gasteiger partial charge is 0.494 e. The average Bonchev–Trinajstić information content (AvgIpc) is 2.85. The summed E-state index contributed by atoms with van der Waals surface area (Å²) in [7, 11) is 0. The van der Waals surface area contributed by atoms with E-state index in [2.05, 4.69) is 12.2 Å². The lowest BCUT2D eigenvalue weighted by Crippen LogP contribution is -2.14. The van der Waals surface area contributed by atoms with Crippen molar-refractivity contribution in [2.75, 3.05) is 18.5 Å². The van der Waals surface area contributed by atoms with Crippen LogP contribution in [0.15, 0.2) is 57.7 Å². The van der Waals surface area contributed by atoms with Crippen molar-refractivity contribution in [3.8, 4) is 5.75 Å². The Morgan fingerprint density at radius 2 is 1.68 bits per heavy atom. The predicted molar refractivity (Wildman–Crippen MR) is 132 cm³/mol. The van der Waals surface area contributed by atoms with E-state index in [9.17, 15) is 14.4 Å². The summed E-state index contributed by atoms with van der Waals surface area (Å²) in [5.74, 6) is -0.592. The predicted octanol–water partition coefficient (Wildman–Crippen LogP) is 5.96. The highest BCUT2D eigenvalue weighted by Crippen LogP contribution is 2.24. The van der Waals surface area contributed by atoms with E-state index in [1.54, 1.807) is 42.5 Å². The van der Waals surface area contributed by atoms with Crippen LogP contribution in [0.4, 0.5) is 5.69 Å². The number of ether oxygens (including phenoxy) is 2. The molecule has 3 rings (SSSR count). The molecule has 0 aliphatic carbocycles. The molecule has 0 aliphatic heterocycles. The fourth-order valence-corrected chi connectivity index (χ4v) is 3.43. The van der Waals surface area contributed by atoms with Crippen molar-refractivity contribution < 1.29 is 23.5 Å². The van der Waals surface area contributed by atoms with Gasteiger partial charge < -0.3 is 19.2 Å². The van der Waals surface area contributed by atoms with Crippen molar-refractivity contribution in [3.05, 3.63) is 70.1 Å². The van der Waals surface area contributed by atoms with E-state index in [4.69, 9.17) is 13.9 Å². The van der Waals surface area contributed by atoms with Crippen LogP contribution in [0.2, 0.25) is 0 Å². The molecule has 0 fully saturated rings. The third kappa shape index (κ3) is 6.70. The maximum atomic E-state index is 12.8. The van der Waals surface area contributed by atoms with E-state index < -0.39 is 11.4 Å². The standard InChI is InChI=1S/C27H31NO6/c1-3-5-6-7-8-17-32-20-14-12-19(13-15-20)26(30)28-22-11-9-10-21-23(29)18-24(34-25(21)22)27(31)33-16-4-2/h9-15,18H,3-8,16-17H2,1-2H3,(H,28,30). The fraction of sp³-hybridized carbons (Fsp3) is 0.370. The van der Waals surface area contributed by atoms with Crippen LogP contribution < -0.4 is 15.5 Å². The summed E-state index contributed by atoms with van der Waals surface area (Å²) in [5.41, 5.74) is 0.442. The second-order valence-corrected chi connectivity index (χ2v) is 8.03. The lowest BCUT2D eigenvalue weighted by Gasteiger charge is -2.10. The number of hydrogen-bond donors (Lipinski definition) is 1. The second kappa shape index (κ2) is 12.6. The number of benzene rings is 2. The number of para-hydroxylation sites is 1. The van der Waals surface area contributed by atoms with Crippen molar-refractivity contribution in [2.24, 2.45) is 0 Å². The topological polar surface area (TPSA) is 94.8 Å². The highest BCUT2D eigenvalue weighted by atomic mass is 16.5. The quantitative estimate of drug-likeness (QED) is 0.262. The van der Waals surface area contributed by atoms with Crippen LogP contribution in [0.3, 0.4) is 0 Å². The Kier molecular flexibility index (Phi) is 9.26. The molecule has 0 radical (unpaired) electrons. The monoisotopic (exact) mass is 465 g/mol. The molecule has 0 aliphatic rings. The zero-order valence-electron chi connectivity index (χ0n) is 19.7. The van der Waals surface area contributed by atoms with Gasteiger partial charge in [0.1, 0.15) is 5.75 Å². The molecule has 7 heteroatoms. The molecule has 1 heterocycles. The first-order valence-electron chi connectivity index (χ1n) is 11.8. The van der Waals surface area contributed by atoms with Crippen LogP contribution in [0.25, 0.3) is 11.0 Å². The summed E-state index contributed by atoms with van der Waals surface area (Å²) in [4.78, 5) is 37.5. The smallest absolute Gasteiger partial charge is 0.374 e. The molecular formula is C27H31NO6. The van der Waals surface area contributed by atoms with Gasteiger partial charge in [-0.2, -0.15) is 0 Å². The van der Waals surface area contributed by atoms with Gasteiger partial charge in [0.2, 0.25) is 5.76 Å². The van der Waals surface area contributed by atoms with Crippen molar-refractivity contribution in [2.45, 2.75) is 52.4 Å². The summed E-state index contributed by atoms with van der Waals surface area (Å²) in [5, 5.41) is 3.02. The minimum atomic E-state index is -0.720. The Labute approximate surface area is 199 Å². The summed E-state index contributed by atoms with van der Waals surface area (Å²) in [6.07, 6.45) is 6.47. The number of hydrogen-bond acceptors (Lipinski definition) is 6. The number of rotatable bonds is 12. The molecule has 1 aromatic heterocycles. The molecule has 1 N–H and O–H groups in total. The summed E-state index contributed by atoms with van der Waals surface area (Å²) < 4.78 is 16.5. The number of esters is 1. The molecule has 0 unspecified atom stereocenters. The maximum Gasteiger partial charge on any atom is 0.374 e. The summed E-state index contributed by atoms with van der Waals surface area (Å²) >= 11 is 0. The SMILES string of the molecule is CCCCCCCOc1ccc(C(=O)Nc2cccc3c(=O)cc(C(=O)OCCC)oc23)cc1. The molecule has 0 saturated carbocycles. The Hall–Kier alpha value is -3.61. The summed E-state index contributed by atoms with van der Waals surface area (Å²) in [6, 6.07) is 12.8. The third-order valence-corrected chi connectivity index (χ3v) is 5.27. The number of carbonyl (C=O) groups excluding carboxylic acids is 2. The van der Waals surface area contributed by atoms with Crippen LogP contribution in [0.1, 0.15) is 73.3 Å². The number of anilines is 1. The van der Waals surface area contributed by atoms with Gasteiger partial charge in [-0.05, 0) is 49.2 Å². The van der Waals surface area contributed by atoms with E-state index in [1.807, 2.05) is 6.92 Å². The fourth-order valence-electron chi connectivity index (χ4n) is 3.43. The van der Waals surface area contributed by atoms with Crippen molar-refractivity contribution >= 4 is 28.5 Å². The Balaban J connectivity index is 1.69. The van der Waals surface area contributed by atoms with Gasteiger partial charge in [0.15, 0.2) is 11.0 Å². The average molecular weight is 466 g/mol. The minimum absolute atomic E-state index is 0.120. The van der Waals surface area contributed by atoms with Crippen molar-refractivity contribution in [1.29, 1.82) is 0 Å². The van der Waals surface area contributed by atoms with E-state index in [-0.39, 0.29) is 34.9 Å². The lowest BCUT2D eigenvalue weighted by molar-refractivity contribution is 0.0469. The minimum Gasteiger partial charge on any atom is -0.494 e. The van der Waals surface area contributed by atoms with E-state index >= 15 is 0 Å². The molecular weight excluding hydrogens is 434 g/mol. The number of unbranched alkanes of at least 4 members (excludes halogenated alkanes) is 4. The van der Waals surface area contributed by atoms with Gasteiger partial charge in [0.25, 0.3) is 5.91 Å². The Bertz CT molecular complexity index is 1170. The maximum absolute atomic E-state index is 12.8. The van der Waals surface area contributed by atoms with Crippen LogP contribution in [-0.2, 0) is 4.74 Å². The van der Waals surface area contributed by atoms with E-state index in [0.717, 1.165) is 18.9 Å². The van der Waals surface area contributed by atoms with Gasteiger partial charge in [-0.15, -0.1) is 0 Å². The molecule has 2 aromatic carbocycles. The van der Waals surface area contributed by atoms with E-state index in [0.29, 0.717) is 24.3 Å². The lowest BCUT2D eigenvalue weighted by atomic mass is 10.1. The summed E-state index contributed by atoms with van der Waals surface area (Å²) in [6.45, 7) is 4.92. The molecule has 0 atom stereocenters. The third-order valence-electron chi connectivity index (χ3n) is 5.27. The molecule has 7 nitrogen and oxygen atoms in total. The van der Waals surface area contributed by atoms with Crippen molar-refractivity contribution in [1.82, 2.24) is 0 Å². The molecule has 3 aromatic rings. The molecule has 0 saturated heterocycles. The van der Waals surface area contributed by atoms with Crippen LogP contribution in [0.5, 0.6) is 5.75 Å². The molecule has 0 bridgehead atoms. The van der Waals surface area contributed by atoms with Crippen molar-refractivity contribution in [3.63, 3.8) is 0 Å². The first kappa shape index (κ1) is 25.0. The second-order valence-electron chi connectivity index (χ2n) is 8.03. The highest BCUT2D eigenvalue weighted by molar-refractivity contribution is 6.08. The van der Waals surface area contributed by atoms with Gasteiger partial charge >= 0.3 is 5.97 Å². The first-order valence-corrected chi connectivity index (χ1v) is 11.8. The number of amides is 1. The van der Waals surface area contributed by atoms with Crippen LogP contribution in [-0.4, -0.2) is 25.1 Å². The normalized spacial score (nSPS) is 10.8. The molecule has 0 spiro atoms. The van der Waals surface area contributed by atoms with Crippen LogP contribution in [0, 0.1) is 0 Å². The van der Waals surface area contributed by atoms with Gasteiger partial charge in [-0.3, -0.25) is 9.59 Å². The number of carbonyl (C=O) groups is 2. The zero-order valence-corrected chi connectivity index (χ0v) is 19.7.